The maximum atomic E-state index is 14.4. The molecule has 3 aromatic heterocycles. The summed E-state index contributed by atoms with van der Waals surface area (Å²) in [6.07, 6.45) is 12.6. The van der Waals surface area contributed by atoms with Crippen LogP contribution in [0.3, 0.4) is 0 Å². The van der Waals surface area contributed by atoms with Crippen molar-refractivity contribution in [2.24, 2.45) is 0 Å². The number of nitrogens with one attached hydrogen (secondary N) is 1. The molecule has 0 atom stereocenters. The lowest BCUT2D eigenvalue weighted by molar-refractivity contribution is 0.618. The van der Waals surface area contributed by atoms with Gasteiger partial charge in [-0.25, -0.2) is 14.4 Å². The smallest absolute Gasteiger partial charge is 0.260 e. The molecule has 0 amide bonds. The van der Waals surface area contributed by atoms with Gasteiger partial charge >= 0.3 is 0 Å². The average Bonchev–Trinajstić information content (AvgIpc) is 3.34. The maximum Gasteiger partial charge on any atom is 0.260 e. The van der Waals surface area contributed by atoms with E-state index in [1.54, 1.807) is 52.8 Å². The number of halogens is 1. The standard InChI is InChI=1S/C21H17FN4OS/c22-15-11-13(5-7-16(15)26-10-9-23-12-26)6-8-18-24-20(27)19-14-3-1-2-4-17(14)28-21(19)25-18/h5-12H,1-4H2,(H,24,25,27). The molecule has 0 radical (unpaired) electrons. The second kappa shape index (κ2) is 6.83. The summed E-state index contributed by atoms with van der Waals surface area (Å²) in [4.78, 5) is 26.1. The summed E-state index contributed by atoms with van der Waals surface area (Å²) in [5, 5.41) is 0.743. The lowest BCUT2D eigenvalue weighted by atomic mass is 9.97. The normalized spacial score (nSPS) is 14.0. The van der Waals surface area contributed by atoms with Gasteiger partial charge in [-0.2, -0.15) is 0 Å². The van der Waals surface area contributed by atoms with E-state index >= 15 is 0 Å². The molecule has 4 aromatic rings. The maximum absolute atomic E-state index is 14.4. The number of hydrogen-bond donors (Lipinski definition) is 1. The molecule has 1 aromatic carbocycles. The molecule has 1 N–H and O–H groups in total. The van der Waals surface area contributed by atoms with Gasteiger partial charge in [0.2, 0.25) is 0 Å². The fraction of sp³-hybridized carbons (Fsp3) is 0.190. The lowest BCUT2D eigenvalue weighted by Crippen LogP contribution is -2.11. The molecule has 0 saturated heterocycles. The minimum atomic E-state index is -0.344. The Morgan fingerprint density at radius 2 is 2.11 bits per heavy atom. The van der Waals surface area contributed by atoms with E-state index in [9.17, 15) is 9.18 Å². The average molecular weight is 392 g/mol. The van der Waals surface area contributed by atoms with Crippen LogP contribution in [0, 0.1) is 5.82 Å². The first-order valence-electron chi connectivity index (χ1n) is 9.19. The summed E-state index contributed by atoms with van der Waals surface area (Å²) in [5.41, 5.74) is 2.21. The molecule has 0 spiro atoms. The Balaban J connectivity index is 1.47. The third-order valence-corrected chi connectivity index (χ3v) is 6.22. The predicted molar refractivity (Wildman–Crippen MR) is 109 cm³/mol. The van der Waals surface area contributed by atoms with E-state index in [1.807, 2.05) is 6.07 Å². The van der Waals surface area contributed by atoms with Crippen LogP contribution < -0.4 is 5.56 Å². The Bertz CT molecular complexity index is 1250. The van der Waals surface area contributed by atoms with Gasteiger partial charge in [0.1, 0.15) is 16.5 Å². The zero-order chi connectivity index (χ0) is 19.1. The number of H-pyrrole nitrogens is 1. The lowest BCUT2D eigenvalue weighted by Gasteiger charge is -2.09. The highest BCUT2D eigenvalue weighted by molar-refractivity contribution is 7.18. The molecule has 0 fully saturated rings. The Labute approximate surface area is 164 Å². The van der Waals surface area contributed by atoms with Crippen molar-refractivity contribution in [2.75, 3.05) is 0 Å². The van der Waals surface area contributed by atoms with E-state index in [0.29, 0.717) is 17.1 Å². The van der Waals surface area contributed by atoms with Gasteiger partial charge in [-0.05, 0) is 55.0 Å². The molecule has 5 nitrogen and oxygen atoms in total. The van der Waals surface area contributed by atoms with Crippen molar-refractivity contribution < 1.29 is 4.39 Å². The summed E-state index contributed by atoms with van der Waals surface area (Å²) in [6, 6.07) is 4.96. The second-order valence-corrected chi connectivity index (χ2v) is 7.94. The highest BCUT2D eigenvalue weighted by Crippen LogP contribution is 2.33. The number of aromatic amines is 1. The summed E-state index contributed by atoms with van der Waals surface area (Å²) < 4.78 is 16.0. The number of thiophene rings is 1. The van der Waals surface area contributed by atoms with Crippen molar-refractivity contribution >= 4 is 33.7 Å². The molecule has 0 bridgehead atoms. The van der Waals surface area contributed by atoms with Crippen LogP contribution >= 0.6 is 11.3 Å². The summed E-state index contributed by atoms with van der Waals surface area (Å²) in [6.45, 7) is 0. The molecule has 1 aliphatic rings. The summed E-state index contributed by atoms with van der Waals surface area (Å²) in [5.74, 6) is 0.137. The van der Waals surface area contributed by atoms with E-state index in [-0.39, 0.29) is 11.4 Å². The summed E-state index contributed by atoms with van der Waals surface area (Å²) in [7, 11) is 0. The van der Waals surface area contributed by atoms with Gasteiger partial charge in [0.15, 0.2) is 0 Å². The van der Waals surface area contributed by atoms with Crippen LogP contribution in [0.5, 0.6) is 0 Å². The minimum absolute atomic E-state index is 0.0920. The zero-order valence-electron chi connectivity index (χ0n) is 15.0. The molecular weight excluding hydrogens is 375 g/mol. The first-order chi connectivity index (χ1) is 13.7. The van der Waals surface area contributed by atoms with Crippen LogP contribution in [0.25, 0.3) is 28.1 Å². The molecule has 7 heteroatoms. The van der Waals surface area contributed by atoms with E-state index in [0.717, 1.165) is 29.5 Å². The van der Waals surface area contributed by atoms with E-state index in [1.165, 1.54) is 22.9 Å². The fourth-order valence-corrected chi connectivity index (χ4v) is 4.94. The molecular formula is C21H17FN4OS. The van der Waals surface area contributed by atoms with Gasteiger partial charge in [0.05, 0.1) is 17.4 Å². The predicted octanol–water partition coefficient (Wildman–Crippen LogP) is 4.36. The number of benzene rings is 1. The molecule has 0 unspecified atom stereocenters. The zero-order valence-corrected chi connectivity index (χ0v) is 15.8. The fourth-order valence-electron chi connectivity index (χ4n) is 3.67. The Hall–Kier alpha value is -3.06. The third-order valence-electron chi connectivity index (χ3n) is 5.03. The monoisotopic (exact) mass is 392 g/mol. The van der Waals surface area contributed by atoms with Gasteiger partial charge in [-0.15, -0.1) is 11.3 Å². The van der Waals surface area contributed by atoms with Crippen LogP contribution in [0.2, 0.25) is 0 Å². The highest BCUT2D eigenvalue weighted by Gasteiger charge is 2.19. The van der Waals surface area contributed by atoms with Gasteiger partial charge in [0, 0.05) is 17.3 Å². The molecule has 5 rings (SSSR count). The number of aromatic nitrogens is 4. The molecule has 3 heterocycles. The van der Waals surface area contributed by atoms with Gasteiger partial charge in [0.25, 0.3) is 5.56 Å². The number of rotatable bonds is 3. The molecule has 0 aliphatic heterocycles. The Morgan fingerprint density at radius 3 is 2.93 bits per heavy atom. The molecule has 1 aliphatic carbocycles. The highest BCUT2D eigenvalue weighted by atomic mass is 32.1. The van der Waals surface area contributed by atoms with Gasteiger partial charge < -0.3 is 9.55 Å². The van der Waals surface area contributed by atoms with Gasteiger partial charge in [-0.1, -0.05) is 12.1 Å². The second-order valence-electron chi connectivity index (χ2n) is 6.86. The van der Waals surface area contributed by atoms with Crippen LogP contribution in [0.1, 0.15) is 34.7 Å². The number of fused-ring (bicyclic) bond motifs is 3. The summed E-state index contributed by atoms with van der Waals surface area (Å²) >= 11 is 1.62. The number of aryl methyl sites for hydroxylation is 2. The van der Waals surface area contributed by atoms with Crippen LogP contribution in [-0.4, -0.2) is 19.5 Å². The number of nitrogens with zero attached hydrogens (tertiary/aromatic N) is 3. The quantitative estimate of drug-likeness (QED) is 0.563. The number of imidazole rings is 1. The van der Waals surface area contributed by atoms with Crippen LogP contribution in [-0.2, 0) is 12.8 Å². The van der Waals surface area contributed by atoms with Crippen molar-refractivity contribution in [1.29, 1.82) is 0 Å². The molecule has 28 heavy (non-hydrogen) atoms. The molecule has 140 valence electrons. The Kier molecular flexibility index (Phi) is 4.16. The van der Waals surface area contributed by atoms with Crippen molar-refractivity contribution in [1.82, 2.24) is 19.5 Å². The first kappa shape index (κ1) is 17.1. The first-order valence-corrected chi connectivity index (χ1v) is 10.0. The molecule has 0 saturated carbocycles. The van der Waals surface area contributed by atoms with Crippen molar-refractivity contribution in [2.45, 2.75) is 25.7 Å². The largest absolute Gasteiger partial charge is 0.306 e. The van der Waals surface area contributed by atoms with Crippen LogP contribution in [0.4, 0.5) is 4.39 Å². The van der Waals surface area contributed by atoms with Crippen molar-refractivity contribution in [3.63, 3.8) is 0 Å². The number of hydrogen-bond acceptors (Lipinski definition) is 4. The Morgan fingerprint density at radius 1 is 1.21 bits per heavy atom. The van der Waals surface area contributed by atoms with E-state index < -0.39 is 0 Å². The van der Waals surface area contributed by atoms with Gasteiger partial charge in [-0.3, -0.25) is 4.79 Å². The van der Waals surface area contributed by atoms with Crippen molar-refractivity contribution in [3.05, 3.63) is 74.9 Å². The topological polar surface area (TPSA) is 63.6 Å². The van der Waals surface area contributed by atoms with E-state index in [4.69, 9.17) is 0 Å². The van der Waals surface area contributed by atoms with Crippen LogP contribution in [0.15, 0.2) is 41.7 Å². The minimum Gasteiger partial charge on any atom is -0.306 e. The third kappa shape index (κ3) is 2.97. The van der Waals surface area contributed by atoms with E-state index in [2.05, 4.69) is 15.0 Å². The van der Waals surface area contributed by atoms with Crippen molar-refractivity contribution in [3.8, 4) is 5.69 Å². The SMILES string of the molecule is O=c1[nH]c(C=Cc2ccc(-n3ccnc3)c(F)c2)nc2sc3c(c12)CCCC3.